The van der Waals surface area contributed by atoms with E-state index in [0.29, 0.717) is 5.69 Å². The van der Waals surface area contributed by atoms with Gasteiger partial charge in [-0.1, -0.05) is 11.3 Å². The molecule has 0 aliphatic carbocycles. The van der Waals surface area contributed by atoms with Gasteiger partial charge in [0.1, 0.15) is 6.04 Å². The molecule has 7 heteroatoms. The number of hydrogen-bond donors (Lipinski definition) is 2. The Labute approximate surface area is 118 Å². The second-order valence-corrected chi connectivity index (χ2v) is 5.11. The Morgan fingerprint density at radius 3 is 2.95 bits per heavy atom. The van der Waals surface area contributed by atoms with E-state index in [1.54, 1.807) is 10.9 Å². The molecule has 100 valence electrons. The Balaban J connectivity index is 2.23. The molecule has 2 rings (SSSR count). The first-order valence-corrected chi connectivity index (χ1v) is 6.43. The van der Waals surface area contributed by atoms with Crippen molar-refractivity contribution in [3.8, 4) is 5.69 Å². The van der Waals surface area contributed by atoms with Gasteiger partial charge in [0.25, 0.3) is 0 Å². The molecule has 1 aromatic carbocycles. The van der Waals surface area contributed by atoms with Gasteiger partial charge in [0.15, 0.2) is 0 Å². The molecular weight excluding hydrogens is 312 g/mol. The summed E-state index contributed by atoms with van der Waals surface area (Å²) < 4.78 is 2.49. The van der Waals surface area contributed by atoms with Crippen LogP contribution in [0.25, 0.3) is 5.69 Å². The summed E-state index contributed by atoms with van der Waals surface area (Å²) in [4.78, 5) is 10.7. The Morgan fingerprint density at radius 1 is 1.58 bits per heavy atom. The van der Waals surface area contributed by atoms with Crippen LogP contribution in [0.2, 0.25) is 0 Å². The Morgan fingerprint density at radius 2 is 2.32 bits per heavy atom. The zero-order chi connectivity index (χ0) is 14.0. The molecule has 1 unspecified atom stereocenters. The molecule has 0 fully saturated rings. The molecule has 19 heavy (non-hydrogen) atoms. The van der Waals surface area contributed by atoms with Crippen LogP contribution < -0.4 is 5.73 Å². The van der Waals surface area contributed by atoms with E-state index in [4.69, 9.17) is 10.8 Å². The van der Waals surface area contributed by atoms with Crippen LogP contribution in [-0.2, 0) is 11.2 Å². The van der Waals surface area contributed by atoms with Crippen molar-refractivity contribution >= 4 is 21.9 Å². The lowest BCUT2D eigenvalue weighted by Crippen LogP contribution is -2.32. The molecule has 1 aromatic heterocycles. The minimum absolute atomic E-state index is 0.152. The molecule has 0 bridgehead atoms. The van der Waals surface area contributed by atoms with E-state index in [2.05, 4.69) is 26.2 Å². The Hall–Kier alpha value is -1.73. The maximum Gasteiger partial charge on any atom is 0.320 e. The number of carboxylic acids is 1. The van der Waals surface area contributed by atoms with Gasteiger partial charge in [0, 0.05) is 10.9 Å². The quantitative estimate of drug-likeness (QED) is 0.883. The van der Waals surface area contributed by atoms with Gasteiger partial charge in [-0.05, 0) is 40.5 Å². The van der Waals surface area contributed by atoms with E-state index in [-0.39, 0.29) is 6.42 Å². The van der Waals surface area contributed by atoms with Crippen molar-refractivity contribution in [1.82, 2.24) is 15.0 Å². The lowest BCUT2D eigenvalue weighted by molar-refractivity contribution is -0.138. The van der Waals surface area contributed by atoms with Crippen molar-refractivity contribution in [1.29, 1.82) is 0 Å². The number of aromatic nitrogens is 3. The van der Waals surface area contributed by atoms with Crippen LogP contribution in [0.3, 0.4) is 0 Å². The van der Waals surface area contributed by atoms with Crippen LogP contribution >= 0.6 is 15.9 Å². The Kier molecular flexibility index (Phi) is 3.96. The monoisotopic (exact) mass is 324 g/mol. The molecule has 0 aliphatic heterocycles. The second-order valence-electron chi connectivity index (χ2n) is 4.26. The molecule has 0 spiro atoms. The van der Waals surface area contributed by atoms with E-state index in [0.717, 1.165) is 15.7 Å². The van der Waals surface area contributed by atoms with Crippen molar-refractivity contribution in [2.75, 3.05) is 0 Å². The summed E-state index contributed by atoms with van der Waals surface area (Å²) in [6.45, 7) is 1.99. The van der Waals surface area contributed by atoms with Gasteiger partial charge in [-0.15, -0.1) is 5.10 Å². The fraction of sp³-hybridized carbons (Fsp3) is 0.250. The predicted molar refractivity (Wildman–Crippen MR) is 73.1 cm³/mol. The largest absolute Gasteiger partial charge is 0.480 e. The van der Waals surface area contributed by atoms with Crippen LogP contribution in [0.15, 0.2) is 28.9 Å². The van der Waals surface area contributed by atoms with Gasteiger partial charge in [0.05, 0.1) is 17.6 Å². The average Bonchev–Trinajstić information content (AvgIpc) is 2.77. The number of aryl methyl sites for hydroxylation is 1. The SMILES string of the molecule is Cc1ccc(-n2cc(CC(N)C(=O)O)nn2)c(Br)c1. The van der Waals surface area contributed by atoms with E-state index in [1.807, 2.05) is 25.1 Å². The summed E-state index contributed by atoms with van der Waals surface area (Å²) in [6.07, 6.45) is 1.83. The van der Waals surface area contributed by atoms with Gasteiger partial charge in [-0.3, -0.25) is 4.79 Å². The summed E-state index contributed by atoms with van der Waals surface area (Å²) in [5, 5.41) is 16.7. The van der Waals surface area contributed by atoms with Crippen LogP contribution in [0.1, 0.15) is 11.3 Å². The normalized spacial score (nSPS) is 12.4. The van der Waals surface area contributed by atoms with Gasteiger partial charge in [-0.25, -0.2) is 4.68 Å². The summed E-state index contributed by atoms with van der Waals surface area (Å²) >= 11 is 3.46. The highest BCUT2D eigenvalue weighted by Crippen LogP contribution is 2.21. The highest BCUT2D eigenvalue weighted by atomic mass is 79.9. The third kappa shape index (κ3) is 3.18. The van der Waals surface area contributed by atoms with Crippen LogP contribution in [0.4, 0.5) is 0 Å². The first-order valence-electron chi connectivity index (χ1n) is 5.63. The first-order chi connectivity index (χ1) is 8.97. The van der Waals surface area contributed by atoms with Crippen LogP contribution in [-0.4, -0.2) is 32.1 Å². The zero-order valence-corrected chi connectivity index (χ0v) is 11.8. The maximum absolute atomic E-state index is 10.7. The molecule has 0 saturated carbocycles. The number of carboxylic acid groups (broad SMARTS) is 1. The third-order valence-electron chi connectivity index (χ3n) is 2.64. The maximum atomic E-state index is 10.7. The van der Waals surface area contributed by atoms with E-state index >= 15 is 0 Å². The molecule has 2 aromatic rings. The highest BCUT2D eigenvalue weighted by Gasteiger charge is 2.15. The number of benzene rings is 1. The lowest BCUT2D eigenvalue weighted by atomic mass is 10.2. The van der Waals surface area contributed by atoms with Crippen molar-refractivity contribution in [2.45, 2.75) is 19.4 Å². The molecule has 3 N–H and O–H groups in total. The van der Waals surface area contributed by atoms with Crippen LogP contribution in [0, 0.1) is 6.92 Å². The molecule has 0 aliphatic rings. The molecular formula is C12H13BrN4O2. The molecule has 0 saturated heterocycles. The smallest absolute Gasteiger partial charge is 0.320 e. The van der Waals surface area contributed by atoms with E-state index < -0.39 is 12.0 Å². The number of aliphatic carboxylic acids is 1. The van der Waals surface area contributed by atoms with Gasteiger partial charge in [0.2, 0.25) is 0 Å². The molecule has 1 atom stereocenters. The minimum atomic E-state index is -1.05. The van der Waals surface area contributed by atoms with Crippen molar-refractivity contribution < 1.29 is 9.90 Å². The average molecular weight is 325 g/mol. The zero-order valence-electron chi connectivity index (χ0n) is 10.2. The molecule has 6 nitrogen and oxygen atoms in total. The third-order valence-corrected chi connectivity index (χ3v) is 3.27. The highest BCUT2D eigenvalue weighted by molar-refractivity contribution is 9.10. The summed E-state index contributed by atoms with van der Waals surface area (Å²) in [7, 11) is 0. The second kappa shape index (κ2) is 5.50. The number of nitrogens with two attached hydrogens (primary N) is 1. The summed E-state index contributed by atoms with van der Waals surface area (Å²) in [5.74, 6) is -1.05. The standard InChI is InChI=1S/C12H13BrN4O2/c1-7-2-3-11(9(13)4-7)17-6-8(15-16-17)5-10(14)12(18)19/h2-4,6,10H,5,14H2,1H3,(H,18,19). The van der Waals surface area contributed by atoms with Crippen molar-refractivity contribution in [3.05, 3.63) is 40.1 Å². The number of nitrogens with zero attached hydrogens (tertiary/aromatic N) is 3. The summed E-state index contributed by atoms with van der Waals surface area (Å²) in [5.41, 5.74) is 7.97. The number of rotatable bonds is 4. The molecule has 1 heterocycles. The van der Waals surface area contributed by atoms with Crippen molar-refractivity contribution in [3.63, 3.8) is 0 Å². The first kappa shape index (κ1) is 13.7. The van der Waals surface area contributed by atoms with Gasteiger partial charge < -0.3 is 10.8 Å². The van der Waals surface area contributed by atoms with E-state index in [1.165, 1.54) is 0 Å². The van der Waals surface area contributed by atoms with Crippen LogP contribution in [0.5, 0.6) is 0 Å². The topological polar surface area (TPSA) is 94.0 Å². The molecule has 0 amide bonds. The van der Waals surface area contributed by atoms with E-state index in [9.17, 15) is 4.79 Å². The van der Waals surface area contributed by atoms with Gasteiger partial charge >= 0.3 is 5.97 Å². The fourth-order valence-corrected chi connectivity index (χ4v) is 2.29. The Bertz CT molecular complexity index is 612. The number of hydrogen-bond acceptors (Lipinski definition) is 4. The number of carbonyl (C=O) groups is 1. The number of halogens is 1. The summed E-state index contributed by atoms with van der Waals surface area (Å²) in [6, 6.07) is 4.88. The van der Waals surface area contributed by atoms with Gasteiger partial charge in [-0.2, -0.15) is 0 Å². The van der Waals surface area contributed by atoms with Crippen molar-refractivity contribution in [2.24, 2.45) is 5.73 Å². The predicted octanol–water partition coefficient (Wildman–Crippen LogP) is 1.29. The fourth-order valence-electron chi connectivity index (χ4n) is 1.62. The lowest BCUT2D eigenvalue weighted by Gasteiger charge is -2.04. The molecule has 0 radical (unpaired) electrons. The minimum Gasteiger partial charge on any atom is -0.480 e.